The summed E-state index contributed by atoms with van der Waals surface area (Å²) in [4.78, 5) is 22.0. The van der Waals surface area contributed by atoms with E-state index < -0.39 is 54.2 Å². The van der Waals surface area contributed by atoms with Crippen molar-refractivity contribution in [3.63, 3.8) is 0 Å². The number of rotatable bonds is 9. The van der Waals surface area contributed by atoms with Crippen molar-refractivity contribution in [1.29, 1.82) is 0 Å². The van der Waals surface area contributed by atoms with Crippen molar-refractivity contribution < 1.29 is 45.0 Å². The Morgan fingerprint density at radius 2 is 0.929 bits per heavy atom. The third-order valence-corrected chi connectivity index (χ3v) is 5.91. The van der Waals surface area contributed by atoms with E-state index in [1.54, 1.807) is 0 Å². The van der Waals surface area contributed by atoms with Crippen LogP contribution in [0.25, 0.3) is 0 Å². The molecule has 10 nitrogen and oxygen atoms in total. The summed E-state index contributed by atoms with van der Waals surface area (Å²) in [6, 6.07) is 12.7. The van der Waals surface area contributed by atoms with Gasteiger partial charge in [0.25, 0.3) is 20.2 Å². The van der Waals surface area contributed by atoms with Crippen molar-refractivity contribution in [3.05, 3.63) is 60.7 Å². The molecule has 0 bridgehead atoms. The minimum Gasteiger partial charge on any atom is -0.479 e. The molecule has 0 radical (unpaired) electrons. The molecule has 0 spiro atoms. The fourth-order valence-electron chi connectivity index (χ4n) is 2.00. The Kier molecular flexibility index (Phi) is 6.51. The van der Waals surface area contributed by atoms with Gasteiger partial charge in [-0.1, -0.05) is 36.4 Å². The third kappa shape index (κ3) is 5.13. The number of carboxylic acids is 2. The Labute approximate surface area is 160 Å². The number of hydrogen-bond donors (Lipinski definition) is 2. The summed E-state index contributed by atoms with van der Waals surface area (Å²) in [6.07, 6.45) is -5.33. The lowest BCUT2D eigenvalue weighted by Gasteiger charge is -2.20. The summed E-state index contributed by atoms with van der Waals surface area (Å²) >= 11 is 0. The molecule has 0 aromatic heterocycles. The van der Waals surface area contributed by atoms with Gasteiger partial charge in [-0.25, -0.2) is 18.0 Å². The van der Waals surface area contributed by atoms with Gasteiger partial charge in [0, 0.05) is 0 Å². The fourth-order valence-corrected chi connectivity index (χ4v) is 4.12. The predicted octanol–water partition coefficient (Wildman–Crippen LogP) is 0.704. The van der Waals surface area contributed by atoms with E-state index in [1.165, 1.54) is 36.4 Å². The van der Waals surface area contributed by atoms with E-state index in [-0.39, 0.29) is 0 Å². The smallest absolute Gasteiger partial charge is 0.337 e. The molecule has 0 heterocycles. The van der Waals surface area contributed by atoms with Crippen molar-refractivity contribution in [2.75, 3.05) is 0 Å². The Bertz CT molecular complexity index is 960. The number of carbonyl (C=O) groups is 2. The first-order valence-electron chi connectivity index (χ1n) is 7.47. The van der Waals surface area contributed by atoms with Crippen LogP contribution < -0.4 is 0 Å². The van der Waals surface area contributed by atoms with Gasteiger partial charge in [0.15, 0.2) is 0 Å². The maximum Gasteiger partial charge on any atom is 0.337 e. The van der Waals surface area contributed by atoms with Crippen molar-refractivity contribution in [2.45, 2.75) is 22.0 Å². The van der Waals surface area contributed by atoms with Crippen molar-refractivity contribution in [3.8, 4) is 0 Å². The van der Waals surface area contributed by atoms with Crippen LogP contribution in [0.15, 0.2) is 70.5 Å². The molecule has 2 atom stereocenters. The number of aliphatic carboxylic acids is 2. The van der Waals surface area contributed by atoms with E-state index in [0.717, 1.165) is 24.3 Å². The van der Waals surface area contributed by atoms with Crippen LogP contribution >= 0.6 is 0 Å². The molecule has 2 N–H and O–H groups in total. The molecule has 0 aliphatic carbocycles. The van der Waals surface area contributed by atoms with Crippen molar-refractivity contribution in [2.24, 2.45) is 0 Å². The van der Waals surface area contributed by atoms with Crippen LogP contribution in [0, 0.1) is 0 Å². The average molecular weight is 430 g/mol. The molecule has 0 amide bonds. The van der Waals surface area contributed by atoms with E-state index in [4.69, 9.17) is 0 Å². The Hall–Kier alpha value is -2.80. The molecule has 0 unspecified atom stereocenters. The van der Waals surface area contributed by atoms with E-state index in [0.29, 0.717) is 0 Å². The highest BCUT2D eigenvalue weighted by Gasteiger charge is 2.43. The Morgan fingerprint density at radius 3 is 1.18 bits per heavy atom. The highest BCUT2D eigenvalue weighted by molar-refractivity contribution is 7.87. The standard InChI is InChI=1S/C16H14O10S2/c17-15(18)13(25-27(21,22)11-7-3-1-4-8-11)14(16(19)20)26-28(23,24)12-9-5-2-6-10-12/h1-10,13-14H,(H,17,18)(H,19,20)/t13-,14-/m0/s1. The second kappa shape index (κ2) is 8.48. The number of benzene rings is 2. The zero-order chi connectivity index (χ0) is 20.9. The number of hydrogen-bond acceptors (Lipinski definition) is 8. The molecule has 12 heteroatoms. The van der Waals surface area contributed by atoms with Gasteiger partial charge in [0.1, 0.15) is 0 Å². The van der Waals surface area contributed by atoms with E-state index in [1.807, 2.05) is 0 Å². The SMILES string of the molecule is O=C(O)[C@@H](OS(=O)(=O)c1ccccc1)[C@H](OS(=O)(=O)c1ccccc1)C(=O)O. The normalized spacial score (nSPS) is 14.1. The molecule has 2 aromatic rings. The molecule has 0 aliphatic rings. The topological polar surface area (TPSA) is 161 Å². The summed E-state index contributed by atoms with van der Waals surface area (Å²) in [5.41, 5.74) is 0. The summed E-state index contributed by atoms with van der Waals surface area (Å²) in [7, 11) is -9.44. The third-order valence-electron chi connectivity index (χ3n) is 3.29. The maximum absolute atomic E-state index is 12.2. The molecule has 28 heavy (non-hydrogen) atoms. The summed E-state index contributed by atoms with van der Waals surface area (Å²) < 4.78 is 57.9. The molecule has 0 saturated carbocycles. The first-order chi connectivity index (χ1) is 13.0. The highest BCUT2D eigenvalue weighted by atomic mass is 32.2. The lowest BCUT2D eigenvalue weighted by atomic mass is 10.2. The molecule has 0 aliphatic heterocycles. The maximum atomic E-state index is 12.2. The lowest BCUT2D eigenvalue weighted by molar-refractivity contribution is -0.161. The molecule has 2 rings (SSSR count). The van der Waals surface area contributed by atoms with Crippen molar-refractivity contribution >= 4 is 32.2 Å². The molecule has 0 saturated heterocycles. The molecule has 150 valence electrons. The molecule has 2 aromatic carbocycles. The van der Waals surface area contributed by atoms with Gasteiger partial charge in [-0.2, -0.15) is 16.8 Å². The lowest BCUT2D eigenvalue weighted by Crippen LogP contribution is -2.45. The fraction of sp³-hybridized carbons (Fsp3) is 0.125. The van der Waals surface area contributed by atoms with Crippen LogP contribution in [-0.4, -0.2) is 51.2 Å². The second-order valence-corrected chi connectivity index (χ2v) is 8.39. The van der Waals surface area contributed by atoms with Gasteiger partial charge in [0.2, 0.25) is 12.2 Å². The molecular weight excluding hydrogens is 416 g/mol. The van der Waals surface area contributed by atoms with Gasteiger partial charge in [-0.05, 0) is 24.3 Å². The van der Waals surface area contributed by atoms with Crippen LogP contribution in [0.1, 0.15) is 0 Å². The minimum absolute atomic E-state index is 0.448. The van der Waals surface area contributed by atoms with Gasteiger partial charge in [-0.3, -0.25) is 0 Å². The van der Waals surface area contributed by atoms with Gasteiger partial charge in [0.05, 0.1) is 9.79 Å². The first kappa shape index (κ1) is 21.5. The van der Waals surface area contributed by atoms with Gasteiger partial charge < -0.3 is 10.2 Å². The van der Waals surface area contributed by atoms with E-state index >= 15 is 0 Å². The Balaban J connectivity index is 2.38. The van der Waals surface area contributed by atoms with Crippen LogP contribution in [0.2, 0.25) is 0 Å². The van der Waals surface area contributed by atoms with Crippen molar-refractivity contribution in [1.82, 2.24) is 0 Å². The summed E-state index contributed by atoms with van der Waals surface area (Å²) in [5.74, 6) is -4.09. The zero-order valence-electron chi connectivity index (χ0n) is 13.9. The predicted molar refractivity (Wildman–Crippen MR) is 92.3 cm³/mol. The van der Waals surface area contributed by atoms with Gasteiger partial charge in [-0.15, -0.1) is 0 Å². The second-order valence-electron chi connectivity index (χ2n) is 5.24. The quantitative estimate of drug-likeness (QED) is 0.542. The van der Waals surface area contributed by atoms with Crippen LogP contribution in [0.5, 0.6) is 0 Å². The summed E-state index contributed by atoms with van der Waals surface area (Å²) in [5, 5.41) is 18.5. The van der Waals surface area contributed by atoms with Crippen LogP contribution in [-0.2, 0) is 38.2 Å². The highest BCUT2D eigenvalue weighted by Crippen LogP contribution is 2.21. The van der Waals surface area contributed by atoms with Crippen LogP contribution in [0.4, 0.5) is 0 Å². The minimum atomic E-state index is -4.72. The number of carboxylic acid groups (broad SMARTS) is 2. The van der Waals surface area contributed by atoms with Crippen LogP contribution in [0.3, 0.4) is 0 Å². The largest absolute Gasteiger partial charge is 0.479 e. The van der Waals surface area contributed by atoms with Gasteiger partial charge >= 0.3 is 11.9 Å². The summed E-state index contributed by atoms with van der Waals surface area (Å²) in [6.45, 7) is 0. The monoisotopic (exact) mass is 430 g/mol. The first-order valence-corrected chi connectivity index (χ1v) is 10.3. The van der Waals surface area contributed by atoms with E-state index in [2.05, 4.69) is 8.37 Å². The Morgan fingerprint density at radius 1 is 0.643 bits per heavy atom. The molecule has 0 fully saturated rings. The van der Waals surface area contributed by atoms with E-state index in [9.17, 15) is 36.6 Å². The molecular formula is C16H14O10S2. The zero-order valence-corrected chi connectivity index (χ0v) is 15.5. The average Bonchev–Trinajstić information content (AvgIpc) is 2.65.